The van der Waals surface area contributed by atoms with E-state index in [0.29, 0.717) is 19.0 Å². The van der Waals surface area contributed by atoms with Crippen molar-refractivity contribution in [2.75, 3.05) is 19.6 Å². The number of ether oxygens (including phenoxy) is 1. The lowest BCUT2D eigenvalue weighted by atomic mass is 10.0. The van der Waals surface area contributed by atoms with Crippen LogP contribution in [0.15, 0.2) is 12.2 Å². The van der Waals surface area contributed by atoms with Crippen molar-refractivity contribution in [1.82, 2.24) is 15.5 Å². The molecule has 2 rings (SSSR count). The van der Waals surface area contributed by atoms with Crippen LogP contribution < -0.4 is 10.6 Å². The minimum Gasteiger partial charge on any atom is -0.444 e. The van der Waals surface area contributed by atoms with E-state index in [1.807, 2.05) is 6.08 Å². The van der Waals surface area contributed by atoms with Gasteiger partial charge in [-0.2, -0.15) is 0 Å². The summed E-state index contributed by atoms with van der Waals surface area (Å²) in [5, 5.41) is 5.47. The topological polar surface area (TPSA) is 87.7 Å². The zero-order chi connectivity index (χ0) is 18.4. The van der Waals surface area contributed by atoms with Gasteiger partial charge in [0.05, 0.1) is 0 Å². The number of likely N-dealkylation sites (tertiary alicyclic amines) is 1. The van der Waals surface area contributed by atoms with Crippen LogP contribution in [0.3, 0.4) is 0 Å². The standard InChI is InChI=1S/C18H29N3O4/c1-18(2,3)25-17(24)19-12-16(23)21-10-8-14(9-11-21)20-15(22)7-6-13-4-5-13/h6-7,13-14H,4-5,8-12H2,1-3H3,(H,19,24)(H,20,22)/b7-6+. The van der Waals surface area contributed by atoms with Crippen LogP contribution in [0.2, 0.25) is 0 Å². The molecule has 0 aromatic carbocycles. The predicted octanol–water partition coefficient (Wildman–Crippen LogP) is 1.58. The van der Waals surface area contributed by atoms with Gasteiger partial charge in [-0.3, -0.25) is 9.59 Å². The molecule has 2 fully saturated rings. The van der Waals surface area contributed by atoms with E-state index in [1.165, 1.54) is 12.8 Å². The molecule has 7 heteroatoms. The summed E-state index contributed by atoms with van der Waals surface area (Å²) in [5.74, 6) is 0.398. The first kappa shape index (κ1) is 19.3. The Bertz CT molecular complexity index is 527. The van der Waals surface area contributed by atoms with Crippen LogP contribution in [0.1, 0.15) is 46.5 Å². The lowest BCUT2D eigenvalue weighted by Gasteiger charge is -2.32. The molecule has 0 atom stereocenters. The fourth-order valence-electron chi connectivity index (χ4n) is 2.61. The van der Waals surface area contributed by atoms with E-state index in [4.69, 9.17) is 4.74 Å². The fourth-order valence-corrected chi connectivity index (χ4v) is 2.61. The molecule has 0 unspecified atom stereocenters. The van der Waals surface area contributed by atoms with Crippen LogP contribution in [0.25, 0.3) is 0 Å². The molecule has 7 nitrogen and oxygen atoms in total. The minimum atomic E-state index is -0.592. The molecule has 0 bridgehead atoms. The van der Waals surface area contributed by atoms with Crippen molar-refractivity contribution in [3.8, 4) is 0 Å². The van der Waals surface area contributed by atoms with E-state index in [0.717, 1.165) is 12.8 Å². The van der Waals surface area contributed by atoms with Gasteiger partial charge in [-0.1, -0.05) is 6.08 Å². The summed E-state index contributed by atoms with van der Waals surface area (Å²) in [6, 6.07) is 0.0965. The molecule has 0 spiro atoms. The largest absolute Gasteiger partial charge is 0.444 e. The number of allylic oxidation sites excluding steroid dienone is 1. The van der Waals surface area contributed by atoms with E-state index < -0.39 is 11.7 Å². The molecule has 25 heavy (non-hydrogen) atoms. The summed E-state index contributed by atoms with van der Waals surface area (Å²) >= 11 is 0. The monoisotopic (exact) mass is 351 g/mol. The highest BCUT2D eigenvalue weighted by molar-refractivity contribution is 5.87. The third-order valence-corrected chi connectivity index (χ3v) is 4.12. The van der Waals surface area contributed by atoms with Gasteiger partial charge in [-0.15, -0.1) is 0 Å². The van der Waals surface area contributed by atoms with Crippen molar-refractivity contribution < 1.29 is 19.1 Å². The lowest BCUT2D eigenvalue weighted by molar-refractivity contribution is -0.131. The van der Waals surface area contributed by atoms with Crippen molar-refractivity contribution in [3.63, 3.8) is 0 Å². The summed E-state index contributed by atoms with van der Waals surface area (Å²) in [7, 11) is 0. The molecule has 1 saturated heterocycles. The van der Waals surface area contributed by atoms with E-state index in [-0.39, 0.29) is 24.4 Å². The number of amides is 3. The van der Waals surface area contributed by atoms with Gasteiger partial charge in [0, 0.05) is 19.1 Å². The molecule has 1 heterocycles. The van der Waals surface area contributed by atoms with Crippen LogP contribution in [0, 0.1) is 5.92 Å². The summed E-state index contributed by atoms with van der Waals surface area (Å²) in [5.41, 5.74) is -0.586. The second-order valence-electron chi connectivity index (χ2n) is 7.72. The zero-order valence-corrected chi connectivity index (χ0v) is 15.3. The Labute approximate surface area is 149 Å². The molecule has 1 aliphatic carbocycles. The SMILES string of the molecule is CC(C)(C)OC(=O)NCC(=O)N1CCC(NC(=O)/C=C/C2CC2)CC1. The molecule has 1 aliphatic heterocycles. The molecule has 0 radical (unpaired) electrons. The van der Waals surface area contributed by atoms with Crippen LogP contribution >= 0.6 is 0 Å². The lowest BCUT2D eigenvalue weighted by Crippen LogP contribution is -2.49. The van der Waals surface area contributed by atoms with E-state index >= 15 is 0 Å². The molecule has 2 aliphatic rings. The molecule has 0 aromatic heterocycles. The first-order valence-corrected chi connectivity index (χ1v) is 8.96. The second-order valence-corrected chi connectivity index (χ2v) is 7.72. The molecular formula is C18H29N3O4. The summed E-state index contributed by atoms with van der Waals surface area (Å²) in [6.07, 6.45) is 6.81. The number of nitrogens with one attached hydrogen (secondary N) is 2. The summed E-state index contributed by atoms with van der Waals surface area (Å²) < 4.78 is 5.11. The van der Waals surface area contributed by atoms with Crippen molar-refractivity contribution in [3.05, 3.63) is 12.2 Å². The number of hydrogen-bond donors (Lipinski definition) is 2. The maximum Gasteiger partial charge on any atom is 0.408 e. The quantitative estimate of drug-likeness (QED) is 0.736. The number of carbonyl (C=O) groups excluding carboxylic acids is 3. The van der Waals surface area contributed by atoms with Crippen molar-refractivity contribution in [2.24, 2.45) is 5.92 Å². The minimum absolute atomic E-state index is 0.0525. The van der Waals surface area contributed by atoms with Gasteiger partial charge >= 0.3 is 6.09 Å². The first-order chi connectivity index (χ1) is 11.7. The highest BCUT2D eigenvalue weighted by Crippen LogP contribution is 2.29. The number of nitrogens with zero attached hydrogens (tertiary/aromatic N) is 1. The highest BCUT2D eigenvalue weighted by atomic mass is 16.6. The Kier molecular flexibility index (Phi) is 6.45. The normalized spacial score (nSPS) is 18.9. The van der Waals surface area contributed by atoms with Crippen molar-refractivity contribution in [2.45, 2.75) is 58.1 Å². The Morgan fingerprint density at radius 3 is 2.32 bits per heavy atom. The van der Waals surface area contributed by atoms with Gasteiger partial charge in [-0.25, -0.2) is 4.79 Å². The third-order valence-electron chi connectivity index (χ3n) is 4.12. The Morgan fingerprint density at radius 2 is 1.76 bits per heavy atom. The summed E-state index contributed by atoms with van der Waals surface area (Å²) in [4.78, 5) is 37.2. The van der Waals surface area contributed by atoms with Gasteiger partial charge in [0.15, 0.2) is 0 Å². The molecule has 3 amide bonds. The van der Waals surface area contributed by atoms with Gasteiger partial charge in [-0.05, 0) is 58.4 Å². The van der Waals surface area contributed by atoms with Crippen molar-refractivity contribution >= 4 is 17.9 Å². The van der Waals surface area contributed by atoms with Crippen LogP contribution in [0.5, 0.6) is 0 Å². The number of alkyl carbamates (subject to hydrolysis) is 1. The number of piperidine rings is 1. The predicted molar refractivity (Wildman–Crippen MR) is 93.8 cm³/mol. The van der Waals surface area contributed by atoms with E-state index in [1.54, 1.807) is 31.7 Å². The zero-order valence-electron chi connectivity index (χ0n) is 15.3. The van der Waals surface area contributed by atoms with Gasteiger partial charge in [0.2, 0.25) is 11.8 Å². The van der Waals surface area contributed by atoms with Crippen molar-refractivity contribution in [1.29, 1.82) is 0 Å². The fraction of sp³-hybridized carbons (Fsp3) is 0.722. The van der Waals surface area contributed by atoms with Gasteiger partial charge < -0.3 is 20.3 Å². The highest BCUT2D eigenvalue weighted by Gasteiger charge is 2.24. The molecular weight excluding hydrogens is 322 g/mol. The molecule has 0 aromatic rings. The molecule has 2 N–H and O–H groups in total. The van der Waals surface area contributed by atoms with Gasteiger partial charge in [0.1, 0.15) is 12.1 Å². The van der Waals surface area contributed by atoms with E-state index in [9.17, 15) is 14.4 Å². The Balaban J connectivity index is 1.64. The number of hydrogen-bond acceptors (Lipinski definition) is 4. The molecule has 140 valence electrons. The van der Waals surface area contributed by atoms with Crippen LogP contribution in [-0.2, 0) is 14.3 Å². The Hall–Kier alpha value is -2.05. The van der Waals surface area contributed by atoms with E-state index in [2.05, 4.69) is 10.6 Å². The van der Waals surface area contributed by atoms with Crippen LogP contribution in [0.4, 0.5) is 4.79 Å². The third kappa shape index (κ3) is 7.58. The maximum absolute atomic E-state index is 12.1. The molecule has 1 saturated carbocycles. The van der Waals surface area contributed by atoms with Crippen LogP contribution in [-0.4, -0.2) is 54.1 Å². The average Bonchev–Trinajstić information content (AvgIpc) is 3.34. The van der Waals surface area contributed by atoms with Gasteiger partial charge in [0.25, 0.3) is 0 Å². The summed E-state index contributed by atoms with van der Waals surface area (Å²) in [6.45, 7) is 6.39. The number of carbonyl (C=O) groups is 3. The second kappa shape index (κ2) is 8.36. The average molecular weight is 351 g/mol. The number of rotatable bonds is 5. The Morgan fingerprint density at radius 1 is 1.12 bits per heavy atom. The smallest absolute Gasteiger partial charge is 0.408 e. The first-order valence-electron chi connectivity index (χ1n) is 8.96. The maximum atomic E-state index is 12.1.